The van der Waals surface area contributed by atoms with Crippen molar-refractivity contribution in [2.75, 3.05) is 0 Å². The van der Waals surface area contributed by atoms with Crippen molar-refractivity contribution in [3.63, 3.8) is 0 Å². The van der Waals surface area contributed by atoms with E-state index in [-0.39, 0.29) is 0 Å². The average molecular weight is 247 g/mol. The highest BCUT2D eigenvalue weighted by Crippen LogP contribution is 2.21. The van der Waals surface area contributed by atoms with E-state index in [4.69, 9.17) is 9.57 Å². The number of carbonyl (C=O) groups is 1. The molecule has 1 aliphatic rings. The lowest BCUT2D eigenvalue weighted by Crippen LogP contribution is -2.46. The number of ether oxygens (including phenoxy) is 1. The van der Waals surface area contributed by atoms with E-state index < -0.39 is 30.0 Å². The molecule has 100 valence electrons. The Morgan fingerprint density at radius 2 is 1.94 bits per heavy atom. The minimum Gasteiger partial charge on any atom is -0.442 e. The van der Waals surface area contributed by atoms with Gasteiger partial charge in [0.15, 0.2) is 0 Å². The molecular weight excluding hydrogens is 226 g/mol. The molecule has 0 radical (unpaired) electrons. The van der Waals surface area contributed by atoms with E-state index in [0.717, 1.165) is 6.42 Å². The molecule has 17 heavy (non-hydrogen) atoms. The van der Waals surface area contributed by atoms with Crippen LogP contribution < -0.4 is 5.48 Å². The molecule has 0 heterocycles. The summed E-state index contributed by atoms with van der Waals surface area (Å²) in [5.41, 5.74) is 1.53. The zero-order valence-electron chi connectivity index (χ0n) is 10.5. The van der Waals surface area contributed by atoms with Crippen molar-refractivity contribution in [3.05, 3.63) is 0 Å². The maximum absolute atomic E-state index is 11.3. The van der Waals surface area contributed by atoms with Crippen LogP contribution in [0.3, 0.4) is 0 Å². The van der Waals surface area contributed by atoms with E-state index in [1.165, 1.54) is 0 Å². The van der Waals surface area contributed by atoms with Crippen LogP contribution in [0.5, 0.6) is 0 Å². The number of amides is 1. The van der Waals surface area contributed by atoms with Crippen molar-refractivity contribution < 1.29 is 24.6 Å². The van der Waals surface area contributed by atoms with E-state index in [0.29, 0.717) is 12.8 Å². The Morgan fingerprint density at radius 3 is 2.53 bits per heavy atom. The van der Waals surface area contributed by atoms with Gasteiger partial charge < -0.3 is 14.9 Å². The second-order valence-corrected chi connectivity index (χ2v) is 5.25. The van der Waals surface area contributed by atoms with Crippen LogP contribution in [0.15, 0.2) is 0 Å². The third-order valence-electron chi connectivity index (χ3n) is 2.46. The smallest absolute Gasteiger partial charge is 0.431 e. The fourth-order valence-corrected chi connectivity index (χ4v) is 1.67. The molecule has 0 aromatic rings. The second-order valence-electron chi connectivity index (χ2n) is 5.25. The molecular formula is C11H21NO5. The molecule has 1 aliphatic carbocycles. The van der Waals surface area contributed by atoms with Crippen LogP contribution in [-0.2, 0) is 9.57 Å². The Kier molecular flexibility index (Phi) is 4.73. The summed E-state index contributed by atoms with van der Waals surface area (Å²) >= 11 is 0. The molecule has 0 aromatic carbocycles. The SMILES string of the molecule is CC(C)(C)OC(=O)NO[C@@H]1CCC[C@@H](O)[C@H]1O. The molecule has 1 fully saturated rings. The second kappa shape index (κ2) is 5.66. The number of carbonyl (C=O) groups excluding carboxylic acids is 1. The first-order valence-corrected chi connectivity index (χ1v) is 5.80. The average Bonchev–Trinajstić information content (AvgIpc) is 2.18. The summed E-state index contributed by atoms with van der Waals surface area (Å²) in [4.78, 5) is 16.3. The largest absolute Gasteiger partial charge is 0.442 e. The number of aliphatic hydroxyl groups excluding tert-OH is 2. The zero-order chi connectivity index (χ0) is 13.1. The van der Waals surface area contributed by atoms with Gasteiger partial charge in [0.2, 0.25) is 0 Å². The fraction of sp³-hybridized carbons (Fsp3) is 0.909. The van der Waals surface area contributed by atoms with Crippen LogP contribution in [0.4, 0.5) is 4.79 Å². The van der Waals surface area contributed by atoms with Crippen LogP contribution in [0.2, 0.25) is 0 Å². The predicted octanol–water partition coefficient (Wildman–Crippen LogP) is 0.717. The minimum atomic E-state index is -0.973. The van der Waals surface area contributed by atoms with Crippen LogP contribution in [0, 0.1) is 0 Å². The molecule has 0 aromatic heterocycles. The lowest BCUT2D eigenvalue weighted by molar-refractivity contribution is -0.139. The molecule has 6 heteroatoms. The van der Waals surface area contributed by atoms with Gasteiger partial charge in [-0.1, -0.05) is 0 Å². The van der Waals surface area contributed by atoms with Crippen LogP contribution in [-0.4, -0.2) is 40.2 Å². The topological polar surface area (TPSA) is 88.0 Å². The van der Waals surface area contributed by atoms with Gasteiger partial charge in [-0.25, -0.2) is 4.79 Å². The summed E-state index contributed by atoms with van der Waals surface area (Å²) in [6.07, 6.45) is -1.18. The Labute approximate surface area is 101 Å². The lowest BCUT2D eigenvalue weighted by Gasteiger charge is -2.31. The van der Waals surface area contributed by atoms with Crippen LogP contribution in [0.25, 0.3) is 0 Å². The maximum atomic E-state index is 11.3. The van der Waals surface area contributed by atoms with Crippen molar-refractivity contribution in [3.8, 4) is 0 Å². The van der Waals surface area contributed by atoms with Crippen molar-refractivity contribution in [1.82, 2.24) is 5.48 Å². The van der Waals surface area contributed by atoms with Gasteiger partial charge in [-0.15, -0.1) is 0 Å². The Bertz CT molecular complexity index is 263. The molecule has 0 bridgehead atoms. The first-order chi connectivity index (χ1) is 7.79. The number of hydrogen-bond donors (Lipinski definition) is 3. The highest BCUT2D eigenvalue weighted by molar-refractivity contribution is 5.66. The molecule has 3 atom stereocenters. The summed E-state index contributed by atoms with van der Waals surface area (Å²) in [6.45, 7) is 5.23. The van der Waals surface area contributed by atoms with E-state index in [1.807, 2.05) is 0 Å². The van der Waals surface area contributed by atoms with E-state index >= 15 is 0 Å². The van der Waals surface area contributed by atoms with Gasteiger partial charge in [-0.05, 0) is 40.0 Å². The highest BCUT2D eigenvalue weighted by Gasteiger charge is 2.32. The highest BCUT2D eigenvalue weighted by atomic mass is 16.7. The summed E-state index contributed by atoms with van der Waals surface area (Å²) in [7, 11) is 0. The lowest BCUT2D eigenvalue weighted by atomic mass is 9.92. The van der Waals surface area contributed by atoms with Gasteiger partial charge in [-0.2, -0.15) is 5.48 Å². The third kappa shape index (κ3) is 4.89. The number of aliphatic hydroxyl groups is 2. The van der Waals surface area contributed by atoms with E-state index in [1.54, 1.807) is 20.8 Å². The van der Waals surface area contributed by atoms with Crippen molar-refractivity contribution in [2.45, 2.75) is 63.9 Å². The number of hydroxylamine groups is 1. The van der Waals surface area contributed by atoms with E-state index in [2.05, 4.69) is 5.48 Å². The van der Waals surface area contributed by atoms with Gasteiger partial charge in [-0.3, -0.25) is 4.84 Å². The maximum Gasteiger partial charge on any atom is 0.431 e. The molecule has 1 saturated carbocycles. The first kappa shape index (κ1) is 14.2. The van der Waals surface area contributed by atoms with Crippen molar-refractivity contribution >= 4 is 6.09 Å². The van der Waals surface area contributed by atoms with Crippen molar-refractivity contribution in [1.29, 1.82) is 0 Å². The van der Waals surface area contributed by atoms with Crippen LogP contribution >= 0.6 is 0 Å². The number of nitrogens with one attached hydrogen (secondary N) is 1. The number of rotatable bonds is 2. The predicted molar refractivity (Wildman–Crippen MR) is 60.1 cm³/mol. The summed E-state index contributed by atoms with van der Waals surface area (Å²) < 4.78 is 4.97. The first-order valence-electron chi connectivity index (χ1n) is 5.80. The molecule has 1 amide bonds. The summed E-state index contributed by atoms with van der Waals surface area (Å²) in [6, 6.07) is 0. The monoisotopic (exact) mass is 247 g/mol. The molecule has 0 unspecified atom stereocenters. The van der Waals surface area contributed by atoms with Gasteiger partial charge in [0.05, 0.1) is 6.10 Å². The van der Waals surface area contributed by atoms with Gasteiger partial charge in [0.1, 0.15) is 17.8 Å². The summed E-state index contributed by atoms with van der Waals surface area (Å²) in [5.74, 6) is 0. The normalized spacial score (nSPS) is 29.8. The quantitative estimate of drug-likeness (QED) is 0.626. The standard InChI is InChI=1S/C11H21NO5/c1-11(2,3)16-10(15)12-17-8-6-4-5-7(13)9(8)14/h7-9,13-14H,4-6H2,1-3H3,(H,12,15)/t7-,8-,9-/m1/s1. The van der Waals surface area contributed by atoms with Gasteiger partial charge in [0.25, 0.3) is 0 Å². The zero-order valence-corrected chi connectivity index (χ0v) is 10.5. The Morgan fingerprint density at radius 1 is 1.29 bits per heavy atom. The molecule has 0 aliphatic heterocycles. The summed E-state index contributed by atoms with van der Waals surface area (Å²) in [5, 5.41) is 19.0. The molecule has 0 spiro atoms. The molecule has 6 nitrogen and oxygen atoms in total. The molecule has 0 saturated heterocycles. The fourth-order valence-electron chi connectivity index (χ4n) is 1.67. The van der Waals surface area contributed by atoms with Gasteiger partial charge in [0, 0.05) is 0 Å². The molecule has 1 rings (SSSR count). The van der Waals surface area contributed by atoms with Crippen molar-refractivity contribution in [2.24, 2.45) is 0 Å². The Hall–Kier alpha value is -0.850. The number of hydrogen-bond acceptors (Lipinski definition) is 5. The third-order valence-corrected chi connectivity index (χ3v) is 2.46. The van der Waals surface area contributed by atoms with Gasteiger partial charge >= 0.3 is 6.09 Å². The van der Waals surface area contributed by atoms with Crippen LogP contribution in [0.1, 0.15) is 40.0 Å². The Balaban J connectivity index is 2.32. The van der Waals surface area contributed by atoms with E-state index in [9.17, 15) is 15.0 Å². The minimum absolute atomic E-state index is 0.549. The molecule has 3 N–H and O–H groups in total.